The highest BCUT2D eigenvalue weighted by molar-refractivity contribution is 6.05. The maximum atomic E-state index is 12.7. The number of fused-ring (bicyclic) bond motifs is 1. The van der Waals surface area contributed by atoms with Crippen molar-refractivity contribution in [2.45, 2.75) is 44.8 Å². The highest BCUT2D eigenvalue weighted by Crippen LogP contribution is 2.26. The van der Waals surface area contributed by atoms with Crippen LogP contribution in [0.1, 0.15) is 43.0 Å². The number of hydrogen-bond acceptors (Lipinski definition) is 6. The number of nitrogens with zero attached hydrogens (tertiary/aromatic N) is 2. The molecule has 0 radical (unpaired) electrons. The van der Waals surface area contributed by atoms with Crippen LogP contribution in [0, 0.1) is 5.41 Å². The lowest BCUT2D eigenvalue weighted by molar-refractivity contribution is -0.0978. The Hall–Kier alpha value is -2.25. The molecule has 2 aromatic rings. The smallest absolute Gasteiger partial charge is 0.253 e. The van der Waals surface area contributed by atoms with Crippen LogP contribution >= 0.6 is 0 Å². The number of nitrogens with one attached hydrogen (secondary N) is 2. The van der Waals surface area contributed by atoms with E-state index in [1.54, 1.807) is 12.3 Å². The van der Waals surface area contributed by atoms with Gasteiger partial charge in [-0.3, -0.25) is 4.79 Å². The number of aliphatic hydroxyl groups is 1. The minimum absolute atomic E-state index is 0.0213. The molecule has 2 fully saturated rings. The molecule has 1 aliphatic heterocycles. The Morgan fingerprint density at radius 2 is 2.07 bits per heavy atom. The van der Waals surface area contributed by atoms with Crippen LogP contribution in [-0.4, -0.2) is 52.9 Å². The maximum absolute atomic E-state index is 12.7. The summed E-state index contributed by atoms with van der Waals surface area (Å²) in [5.41, 5.74) is 1.23. The van der Waals surface area contributed by atoms with Crippen LogP contribution in [0.5, 0.6) is 0 Å². The van der Waals surface area contributed by atoms with Gasteiger partial charge in [-0.2, -0.15) is 0 Å². The fourth-order valence-corrected chi connectivity index (χ4v) is 3.65. The number of carbonyl (C=O) groups is 1. The van der Waals surface area contributed by atoms with E-state index in [1.165, 1.54) is 0 Å². The van der Waals surface area contributed by atoms with E-state index in [0.717, 1.165) is 31.1 Å². The summed E-state index contributed by atoms with van der Waals surface area (Å²) in [6.45, 7) is 4.04. The molecule has 7 heteroatoms. The van der Waals surface area contributed by atoms with E-state index in [4.69, 9.17) is 4.74 Å². The van der Waals surface area contributed by atoms with Gasteiger partial charge in [0.15, 0.2) is 0 Å². The van der Waals surface area contributed by atoms with Gasteiger partial charge in [-0.25, -0.2) is 9.97 Å². The van der Waals surface area contributed by atoms with Crippen LogP contribution in [0.3, 0.4) is 0 Å². The molecule has 1 aromatic carbocycles. The fraction of sp³-hybridized carbons (Fsp3) is 0.550. The minimum Gasteiger partial charge on any atom is -0.393 e. The summed E-state index contributed by atoms with van der Waals surface area (Å²) in [7, 11) is 0. The molecule has 2 aliphatic rings. The molecule has 0 atom stereocenters. The highest BCUT2D eigenvalue weighted by atomic mass is 16.5. The summed E-state index contributed by atoms with van der Waals surface area (Å²) < 4.78 is 5.24. The molecule has 2 heterocycles. The summed E-state index contributed by atoms with van der Waals surface area (Å²) in [5, 5.41) is 16.9. The number of carbonyl (C=O) groups excluding carboxylic acids is 1. The minimum atomic E-state index is -0.196. The number of anilines is 1. The summed E-state index contributed by atoms with van der Waals surface area (Å²) in [5.74, 6) is 0.405. The van der Waals surface area contributed by atoms with Crippen LogP contribution in [0.2, 0.25) is 0 Å². The molecule has 4 rings (SSSR count). The first-order chi connectivity index (χ1) is 13.0. The fourth-order valence-electron chi connectivity index (χ4n) is 3.65. The molecule has 1 aromatic heterocycles. The van der Waals surface area contributed by atoms with Gasteiger partial charge in [-0.15, -0.1) is 0 Å². The third kappa shape index (κ3) is 4.04. The largest absolute Gasteiger partial charge is 0.393 e. The summed E-state index contributed by atoms with van der Waals surface area (Å²) >= 11 is 0. The summed E-state index contributed by atoms with van der Waals surface area (Å²) in [6.07, 6.45) is 4.93. The van der Waals surface area contributed by atoms with E-state index in [0.29, 0.717) is 36.8 Å². The highest BCUT2D eigenvalue weighted by Gasteiger charge is 2.33. The number of aliphatic hydroxyl groups excluding tert-OH is 1. The number of para-hydroxylation sites is 1. The van der Waals surface area contributed by atoms with Gasteiger partial charge in [0.05, 0.1) is 30.4 Å². The number of ether oxygens (including phenoxy) is 1. The van der Waals surface area contributed by atoms with Crippen LogP contribution < -0.4 is 10.6 Å². The second kappa shape index (κ2) is 7.40. The Labute approximate surface area is 158 Å². The lowest BCUT2D eigenvalue weighted by Crippen LogP contribution is -2.48. The normalized spacial score (nSPS) is 24.2. The van der Waals surface area contributed by atoms with Crippen molar-refractivity contribution in [3.8, 4) is 0 Å². The van der Waals surface area contributed by atoms with E-state index in [2.05, 4.69) is 27.5 Å². The van der Waals surface area contributed by atoms with Crippen molar-refractivity contribution in [1.82, 2.24) is 15.3 Å². The van der Waals surface area contributed by atoms with Crippen LogP contribution in [-0.2, 0) is 4.74 Å². The molecule has 0 bridgehead atoms. The predicted molar refractivity (Wildman–Crippen MR) is 103 cm³/mol. The number of benzene rings is 1. The van der Waals surface area contributed by atoms with Crippen molar-refractivity contribution in [3.63, 3.8) is 0 Å². The number of rotatable bonds is 5. The van der Waals surface area contributed by atoms with Crippen molar-refractivity contribution in [1.29, 1.82) is 0 Å². The topological polar surface area (TPSA) is 96.4 Å². The molecular weight excluding hydrogens is 344 g/mol. The Morgan fingerprint density at radius 1 is 1.30 bits per heavy atom. The van der Waals surface area contributed by atoms with Crippen molar-refractivity contribution >= 4 is 22.8 Å². The maximum Gasteiger partial charge on any atom is 0.253 e. The first-order valence-corrected chi connectivity index (χ1v) is 9.59. The van der Waals surface area contributed by atoms with Gasteiger partial charge in [0.25, 0.3) is 5.91 Å². The van der Waals surface area contributed by atoms with Crippen LogP contribution in [0.15, 0.2) is 24.4 Å². The van der Waals surface area contributed by atoms with Crippen LogP contribution in [0.4, 0.5) is 5.95 Å². The molecule has 3 N–H and O–H groups in total. The third-order valence-electron chi connectivity index (χ3n) is 5.46. The second-order valence-corrected chi connectivity index (χ2v) is 8.07. The SMILES string of the molecule is CC1(CNC(=O)c2cccc3cnc(N[C@H]4CC[C@H](O)CC4)nc23)COC1. The van der Waals surface area contributed by atoms with Gasteiger partial charge >= 0.3 is 0 Å². The average Bonchev–Trinajstić information content (AvgIpc) is 2.66. The van der Waals surface area contributed by atoms with Crippen LogP contribution in [0.25, 0.3) is 10.9 Å². The quantitative estimate of drug-likeness (QED) is 0.746. The van der Waals surface area contributed by atoms with Gasteiger partial charge in [-0.05, 0) is 31.7 Å². The van der Waals surface area contributed by atoms with Gasteiger partial charge in [0.2, 0.25) is 5.95 Å². The van der Waals surface area contributed by atoms with E-state index in [1.807, 2.05) is 12.1 Å². The number of aromatic nitrogens is 2. The molecule has 144 valence electrons. The summed E-state index contributed by atoms with van der Waals surface area (Å²) in [4.78, 5) is 21.7. The molecule has 27 heavy (non-hydrogen) atoms. The standard InChI is InChI=1S/C20H26N4O3/c1-20(11-27-12-20)10-22-18(26)16-4-2-3-13-9-21-19(24-17(13)16)23-14-5-7-15(25)8-6-14/h2-4,9,14-15,25H,5-8,10-12H2,1H3,(H,22,26)(H,21,23,24)/t14-,15-. The zero-order chi connectivity index (χ0) is 18.9. The molecule has 0 unspecified atom stereocenters. The monoisotopic (exact) mass is 370 g/mol. The lowest BCUT2D eigenvalue weighted by Gasteiger charge is -2.38. The van der Waals surface area contributed by atoms with Crippen molar-refractivity contribution in [2.75, 3.05) is 25.1 Å². The molecule has 7 nitrogen and oxygen atoms in total. The first kappa shape index (κ1) is 18.1. The third-order valence-corrected chi connectivity index (χ3v) is 5.46. The number of amides is 1. The molecular formula is C20H26N4O3. The van der Waals surface area contributed by atoms with E-state index in [-0.39, 0.29) is 23.5 Å². The molecule has 0 spiro atoms. The van der Waals surface area contributed by atoms with Gasteiger partial charge in [0, 0.05) is 29.6 Å². The van der Waals surface area contributed by atoms with Gasteiger partial charge in [0.1, 0.15) is 0 Å². The first-order valence-electron chi connectivity index (χ1n) is 9.59. The van der Waals surface area contributed by atoms with E-state index in [9.17, 15) is 9.90 Å². The molecule has 1 aliphatic carbocycles. The average molecular weight is 370 g/mol. The molecule has 1 saturated carbocycles. The Morgan fingerprint density at radius 3 is 2.78 bits per heavy atom. The van der Waals surface area contributed by atoms with Gasteiger partial charge in [-0.1, -0.05) is 19.1 Å². The Bertz CT molecular complexity index is 829. The zero-order valence-electron chi connectivity index (χ0n) is 15.6. The summed E-state index contributed by atoms with van der Waals surface area (Å²) in [6, 6.07) is 5.81. The predicted octanol–water partition coefficient (Wildman–Crippen LogP) is 2.11. The van der Waals surface area contributed by atoms with E-state index >= 15 is 0 Å². The second-order valence-electron chi connectivity index (χ2n) is 8.07. The number of hydrogen-bond donors (Lipinski definition) is 3. The van der Waals surface area contributed by atoms with Crippen molar-refractivity contribution in [2.24, 2.45) is 5.41 Å². The van der Waals surface area contributed by atoms with E-state index < -0.39 is 0 Å². The molecule has 1 amide bonds. The van der Waals surface area contributed by atoms with Gasteiger partial charge < -0.3 is 20.5 Å². The van der Waals surface area contributed by atoms with Crippen molar-refractivity contribution in [3.05, 3.63) is 30.0 Å². The zero-order valence-corrected chi connectivity index (χ0v) is 15.6. The lowest BCUT2D eigenvalue weighted by atomic mass is 9.88. The van der Waals surface area contributed by atoms with Crippen molar-refractivity contribution < 1.29 is 14.6 Å². The molecule has 1 saturated heterocycles. The Balaban J connectivity index is 1.51. The Kier molecular flexibility index (Phi) is 4.97.